The third-order valence-electron chi connectivity index (χ3n) is 4.83. The number of hydrogen-bond acceptors (Lipinski definition) is 4. The van der Waals surface area contributed by atoms with Crippen molar-refractivity contribution in [2.45, 2.75) is 13.8 Å². The van der Waals surface area contributed by atoms with Crippen LogP contribution in [0.4, 0.5) is 11.4 Å². The molecule has 0 saturated heterocycles. The molecule has 0 aromatic heterocycles. The highest BCUT2D eigenvalue weighted by Crippen LogP contribution is 2.24. The normalized spacial score (nSPS) is 11.3. The number of nitrogens with one attached hydrogen (secondary N) is 1. The number of benzene rings is 3. The lowest BCUT2D eigenvalue weighted by molar-refractivity contribution is -0.111. The molecule has 1 N–H and O–H groups in total. The Kier molecular flexibility index (Phi) is 6.52. The zero-order chi connectivity index (χ0) is 21.7. The molecule has 3 rings (SSSR count). The second kappa shape index (κ2) is 9.27. The summed E-state index contributed by atoms with van der Waals surface area (Å²) in [4.78, 5) is 26.9. The van der Waals surface area contributed by atoms with Crippen LogP contribution in [0.3, 0.4) is 0 Å². The number of esters is 1. The molecule has 154 valence electrons. The van der Waals surface area contributed by atoms with Crippen molar-refractivity contribution in [3.05, 3.63) is 77.9 Å². The Morgan fingerprint density at radius 2 is 1.73 bits per heavy atom. The Labute approximate surface area is 177 Å². The number of nitrogens with zero attached hydrogens (tertiary/aromatic N) is 1. The number of hydrogen-bond donors (Lipinski definition) is 1. The van der Waals surface area contributed by atoms with Gasteiger partial charge in [0.1, 0.15) is 0 Å². The number of anilines is 2. The first-order valence-electron chi connectivity index (χ1n) is 9.86. The van der Waals surface area contributed by atoms with Crippen molar-refractivity contribution in [1.82, 2.24) is 0 Å². The Bertz CT molecular complexity index is 1120. The summed E-state index contributed by atoms with van der Waals surface area (Å²) in [6.45, 7) is 3.91. The van der Waals surface area contributed by atoms with Gasteiger partial charge in [-0.2, -0.15) is 0 Å². The second-order valence-corrected chi connectivity index (χ2v) is 7.22. The molecule has 0 heterocycles. The smallest absolute Gasteiger partial charge is 0.340 e. The van der Waals surface area contributed by atoms with Crippen molar-refractivity contribution in [3.8, 4) is 0 Å². The molecule has 0 fully saturated rings. The van der Waals surface area contributed by atoms with E-state index in [2.05, 4.69) is 17.4 Å². The molecule has 3 aromatic rings. The molecule has 0 aliphatic heterocycles. The highest BCUT2D eigenvalue weighted by atomic mass is 16.5. The van der Waals surface area contributed by atoms with Crippen LogP contribution in [0.25, 0.3) is 16.3 Å². The van der Waals surface area contributed by atoms with Crippen LogP contribution in [0.1, 0.15) is 29.8 Å². The van der Waals surface area contributed by atoms with Gasteiger partial charge in [0.25, 0.3) is 0 Å². The maximum atomic E-state index is 12.7. The van der Waals surface area contributed by atoms with Gasteiger partial charge < -0.3 is 15.0 Å². The van der Waals surface area contributed by atoms with Crippen molar-refractivity contribution in [2.75, 3.05) is 30.9 Å². The van der Waals surface area contributed by atoms with E-state index in [1.54, 1.807) is 25.1 Å². The lowest BCUT2D eigenvalue weighted by atomic mass is 10.0. The molecule has 0 saturated carbocycles. The van der Waals surface area contributed by atoms with Crippen molar-refractivity contribution >= 4 is 39.6 Å². The van der Waals surface area contributed by atoms with E-state index in [0.717, 1.165) is 27.6 Å². The number of carbonyl (C=O) groups excluding carboxylic acids is 2. The van der Waals surface area contributed by atoms with Gasteiger partial charge in [0.15, 0.2) is 0 Å². The highest BCUT2D eigenvalue weighted by molar-refractivity contribution is 6.08. The van der Waals surface area contributed by atoms with Gasteiger partial charge in [-0.15, -0.1) is 0 Å². The quantitative estimate of drug-likeness (QED) is 0.459. The van der Waals surface area contributed by atoms with Crippen molar-refractivity contribution in [2.24, 2.45) is 0 Å². The third-order valence-corrected chi connectivity index (χ3v) is 4.83. The largest absolute Gasteiger partial charge is 0.462 e. The van der Waals surface area contributed by atoms with Gasteiger partial charge in [0, 0.05) is 25.9 Å². The van der Waals surface area contributed by atoms with Crippen LogP contribution in [0, 0.1) is 0 Å². The Morgan fingerprint density at radius 1 is 1.00 bits per heavy atom. The van der Waals surface area contributed by atoms with Crippen LogP contribution in [-0.2, 0) is 9.53 Å². The van der Waals surface area contributed by atoms with Gasteiger partial charge in [-0.05, 0) is 60.0 Å². The Morgan fingerprint density at radius 3 is 2.43 bits per heavy atom. The molecule has 0 unspecified atom stereocenters. The average Bonchev–Trinajstić information content (AvgIpc) is 2.73. The standard InChI is InChI=1S/C25H26N2O3/c1-5-30-25(29)22-16-21(27(3)4)12-13-23(22)26-24(28)14-17(2)19-11-10-18-8-6-7-9-20(18)15-19/h6-16H,5H2,1-4H3,(H,26,28). The van der Waals surface area contributed by atoms with Crippen LogP contribution in [0.2, 0.25) is 0 Å². The summed E-state index contributed by atoms with van der Waals surface area (Å²) in [7, 11) is 3.77. The zero-order valence-corrected chi connectivity index (χ0v) is 17.7. The Hall–Kier alpha value is -3.60. The van der Waals surface area contributed by atoms with E-state index in [1.807, 2.05) is 62.3 Å². The maximum absolute atomic E-state index is 12.7. The van der Waals surface area contributed by atoms with E-state index in [4.69, 9.17) is 4.74 Å². The van der Waals surface area contributed by atoms with Crippen molar-refractivity contribution in [1.29, 1.82) is 0 Å². The molecular formula is C25H26N2O3. The summed E-state index contributed by atoms with van der Waals surface area (Å²) in [5.41, 5.74) is 3.40. The Balaban J connectivity index is 1.85. The topological polar surface area (TPSA) is 58.6 Å². The van der Waals surface area contributed by atoms with E-state index in [-0.39, 0.29) is 12.5 Å². The molecule has 5 nitrogen and oxygen atoms in total. The molecule has 0 atom stereocenters. The fourth-order valence-corrected chi connectivity index (χ4v) is 3.18. The van der Waals surface area contributed by atoms with Crippen LogP contribution < -0.4 is 10.2 Å². The summed E-state index contributed by atoms with van der Waals surface area (Å²) < 4.78 is 5.15. The zero-order valence-electron chi connectivity index (χ0n) is 17.7. The van der Waals surface area contributed by atoms with E-state index in [1.165, 1.54) is 0 Å². The van der Waals surface area contributed by atoms with Crippen LogP contribution >= 0.6 is 0 Å². The lowest BCUT2D eigenvalue weighted by Crippen LogP contribution is -2.16. The minimum Gasteiger partial charge on any atom is -0.462 e. The monoisotopic (exact) mass is 402 g/mol. The fraction of sp³-hybridized carbons (Fsp3) is 0.200. The number of amides is 1. The van der Waals surface area contributed by atoms with Gasteiger partial charge in [-0.3, -0.25) is 4.79 Å². The molecule has 0 spiro atoms. The molecule has 30 heavy (non-hydrogen) atoms. The first kappa shape index (κ1) is 21.1. The highest BCUT2D eigenvalue weighted by Gasteiger charge is 2.16. The first-order chi connectivity index (χ1) is 14.4. The first-order valence-corrected chi connectivity index (χ1v) is 9.86. The number of fused-ring (bicyclic) bond motifs is 1. The number of rotatable bonds is 6. The molecule has 5 heteroatoms. The molecule has 0 aliphatic rings. The summed E-state index contributed by atoms with van der Waals surface area (Å²) in [6, 6.07) is 19.5. The van der Waals surface area contributed by atoms with Crippen molar-refractivity contribution in [3.63, 3.8) is 0 Å². The maximum Gasteiger partial charge on any atom is 0.340 e. The molecule has 0 radical (unpaired) electrons. The summed E-state index contributed by atoms with van der Waals surface area (Å²) >= 11 is 0. The van der Waals surface area contributed by atoms with Crippen molar-refractivity contribution < 1.29 is 14.3 Å². The minimum absolute atomic E-state index is 0.263. The van der Waals surface area contributed by atoms with Gasteiger partial charge in [0.05, 0.1) is 17.9 Å². The van der Waals surface area contributed by atoms with Gasteiger partial charge in [-0.1, -0.05) is 36.4 Å². The second-order valence-electron chi connectivity index (χ2n) is 7.22. The van der Waals surface area contributed by atoms with E-state index >= 15 is 0 Å². The predicted octanol–water partition coefficient (Wildman–Crippen LogP) is 5.12. The number of ether oxygens (including phenoxy) is 1. The van der Waals surface area contributed by atoms with Gasteiger partial charge in [0.2, 0.25) is 5.91 Å². The fourth-order valence-electron chi connectivity index (χ4n) is 3.18. The third kappa shape index (κ3) is 4.87. The average molecular weight is 402 g/mol. The summed E-state index contributed by atoms with van der Waals surface area (Å²) in [6.07, 6.45) is 1.54. The molecule has 1 amide bonds. The van der Waals surface area contributed by atoms with Crippen LogP contribution in [0.15, 0.2) is 66.7 Å². The van der Waals surface area contributed by atoms with Gasteiger partial charge in [-0.25, -0.2) is 4.79 Å². The molecule has 0 aliphatic carbocycles. The predicted molar refractivity (Wildman–Crippen MR) is 123 cm³/mol. The summed E-state index contributed by atoms with van der Waals surface area (Å²) in [5, 5.41) is 5.09. The van der Waals surface area contributed by atoms with E-state index < -0.39 is 5.97 Å². The molecule has 0 bridgehead atoms. The van der Waals surface area contributed by atoms with E-state index in [0.29, 0.717) is 11.3 Å². The summed E-state index contributed by atoms with van der Waals surface area (Å²) in [5.74, 6) is -0.768. The lowest BCUT2D eigenvalue weighted by Gasteiger charge is -2.16. The van der Waals surface area contributed by atoms with Gasteiger partial charge >= 0.3 is 5.97 Å². The number of allylic oxidation sites excluding steroid dienone is 1. The van der Waals surface area contributed by atoms with E-state index in [9.17, 15) is 9.59 Å². The molecule has 3 aromatic carbocycles. The van der Waals surface area contributed by atoms with Crippen LogP contribution in [-0.4, -0.2) is 32.6 Å². The van der Waals surface area contributed by atoms with Crippen LogP contribution in [0.5, 0.6) is 0 Å². The number of carbonyl (C=O) groups is 2. The minimum atomic E-state index is -0.466. The SMILES string of the molecule is CCOC(=O)c1cc(N(C)C)ccc1NC(=O)C=C(C)c1ccc2ccccc2c1. The molecular weight excluding hydrogens is 376 g/mol.